The standard InChI is InChI=1S/C12H17NO6S2/c1-18-10-3-4-12(11(7-10)19-2)21(16,17)13-9-5-6-20(14,15)8-9/h3-4,7,9,13H,5-6,8H2,1-2H3/t9-/m0/s1. The Kier molecular flexibility index (Phi) is 4.45. The quantitative estimate of drug-likeness (QED) is 0.823. The summed E-state index contributed by atoms with van der Waals surface area (Å²) in [5.74, 6) is 0.432. The maximum Gasteiger partial charge on any atom is 0.244 e. The molecule has 0 aliphatic carbocycles. The van der Waals surface area contributed by atoms with Crippen LogP contribution in [0.2, 0.25) is 0 Å². The van der Waals surface area contributed by atoms with Gasteiger partial charge in [-0.15, -0.1) is 0 Å². The molecule has 0 unspecified atom stereocenters. The number of benzene rings is 1. The van der Waals surface area contributed by atoms with Crippen molar-refractivity contribution in [1.29, 1.82) is 0 Å². The number of sulfonamides is 1. The normalized spacial score (nSPS) is 21.1. The minimum atomic E-state index is -3.86. The lowest BCUT2D eigenvalue weighted by Gasteiger charge is -2.14. The maximum atomic E-state index is 12.4. The lowest BCUT2D eigenvalue weighted by atomic mass is 10.3. The second-order valence-corrected chi connectivity index (χ2v) is 8.65. The molecule has 9 heteroatoms. The third-order valence-corrected chi connectivity index (χ3v) is 6.54. The number of sulfone groups is 1. The van der Waals surface area contributed by atoms with Crippen LogP contribution in [0.4, 0.5) is 0 Å². The Bertz CT molecular complexity index is 726. The summed E-state index contributed by atoms with van der Waals surface area (Å²) in [6, 6.07) is 3.72. The molecule has 1 fully saturated rings. The van der Waals surface area contributed by atoms with Gasteiger partial charge in [0.15, 0.2) is 9.84 Å². The number of hydrogen-bond acceptors (Lipinski definition) is 6. The van der Waals surface area contributed by atoms with Crippen LogP contribution in [0.3, 0.4) is 0 Å². The Morgan fingerprint density at radius 2 is 1.95 bits per heavy atom. The van der Waals surface area contributed by atoms with E-state index in [-0.39, 0.29) is 28.6 Å². The lowest BCUT2D eigenvalue weighted by Crippen LogP contribution is -2.35. The molecule has 2 rings (SSSR count). The lowest BCUT2D eigenvalue weighted by molar-refractivity contribution is 0.385. The van der Waals surface area contributed by atoms with E-state index < -0.39 is 25.9 Å². The molecule has 1 aromatic carbocycles. The zero-order valence-electron chi connectivity index (χ0n) is 11.7. The van der Waals surface area contributed by atoms with Crippen LogP contribution in [0.1, 0.15) is 6.42 Å². The van der Waals surface area contributed by atoms with Gasteiger partial charge in [-0.2, -0.15) is 0 Å². The molecule has 1 atom stereocenters. The van der Waals surface area contributed by atoms with Crippen LogP contribution in [-0.4, -0.2) is 48.6 Å². The van der Waals surface area contributed by atoms with Crippen LogP contribution in [0.5, 0.6) is 11.5 Å². The molecule has 1 aliphatic rings. The first-order valence-electron chi connectivity index (χ1n) is 6.22. The second kappa shape index (κ2) is 5.82. The summed E-state index contributed by atoms with van der Waals surface area (Å²) in [5, 5.41) is 0. The van der Waals surface area contributed by atoms with Crippen molar-refractivity contribution < 1.29 is 26.3 Å². The molecular weight excluding hydrogens is 318 g/mol. The summed E-state index contributed by atoms with van der Waals surface area (Å²) in [6.45, 7) is 0. The zero-order valence-corrected chi connectivity index (χ0v) is 13.3. The van der Waals surface area contributed by atoms with Gasteiger partial charge in [-0.25, -0.2) is 21.6 Å². The average Bonchev–Trinajstić information content (AvgIpc) is 2.76. The van der Waals surface area contributed by atoms with Crippen LogP contribution in [0.25, 0.3) is 0 Å². The van der Waals surface area contributed by atoms with Crippen LogP contribution in [-0.2, 0) is 19.9 Å². The number of ether oxygens (including phenoxy) is 2. The van der Waals surface area contributed by atoms with Crippen molar-refractivity contribution in [3.05, 3.63) is 18.2 Å². The minimum Gasteiger partial charge on any atom is -0.497 e. The van der Waals surface area contributed by atoms with Gasteiger partial charge in [0.05, 0.1) is 25.7 Å². The molecule has 0 aromatic heterocycles. The fraction of sp³-hybridized carbons (Fsp3) is 0.500. The second-order valence-electron chi connectivity index (χ2n) is 4.74. The molecule has 1 saturated heterocycles. The molecular formula is C12H17NO6S2. The van der Waals surface area contributed by atoms with Gasteiger partial charge in [-0.3, -0.25) is 0 Å². The Hall–Kier alpha value is -1.32. The molecule has 1 heterocycles. The van der Waals surface area contributed by atoms with E-state index >= 15 is 0 Å². The van der Waals surface area contributed by atoms with Gasteiger partial charge in [0, 0.05) is 12.1 Å². The van der Waals surface area contributed by atoms with Crippen molar-refractivity contribution >= 4 is 19.9 Å². The molecule has 0 bridgehead atoms. The monoisotopic (exact) mass is 335 g/mol. The van der Waals surface area contributed by atoms with E-state index in [1.165, 1.54) is 32.4 Å². The molecule has 7 nitrogen and oxygen atoms in total. The molecule has 0 amide bonds. The highest BCUT2D eigenvalue weighted by Crippen LogP contribution is 2.28. The molecule has 1 aliphatic heterocycles. The van der Waals surface area contributed by atoms with E-state index in [1.54, 1.807) is 0 Å². The van der Waals surface area contributed by atoms with Crippen molar-refractivity contribution in [2.45, 2.75) is 17.4 Å². The molecule has 0 saturated carbocycles. The highest BCUT2D eigenvalue weighted by atomic mass is 32.2. The van der Waals surface area contributed by atoms with Gasteiger partial charge in [0.1, 0.15) is 16.4 Å². The fourth-order valence-electron chi connectivity index (χ4n) is 2.17. The van der Waals surface area contributed by atoms with Crippen LogP contribution in [0.15, 0.2) is 23.1 Å². The Balaban J connectivity index is 2.28. The van der Waals surface area contributed by atoms with Crippen molar-refractivity contribution in [1.82, 2.24) is 4.72 Å². The number of methoxy groups -OCH3 is 2. The number of nitrogens with one attached hydrogen (secondary N) is 1. The SMILES string of the molecule is COc1ccc(S(=O)(=O)N[C@H]2CCS(=O)(=O)C2)c(OC)c1. The summed E-state index contributed by atoms with van der Waals surface area (Å²) >= 11 is 0. The average molecular weight is 335 g/mol. The molecule has 118 valence electrons. The van der Waals surface area contributed by atoms with Crippen molar-refractivity contribution in [2.24, 2.45) is 0 Å². The van der Waals surface area contributed by atoms with E-state index in [9.17, 15) is 16.8 Å². The third-order valence-electron chi connectivity index (χ3n) is 3.21. The summed E-state index contributed by atoms with van der Waals surface area (Å²) in [7, 11) is -4.19. The highest BCUT2D eigenvalue weighted by Gasteiger charge is 2.32. The van der Waals surface area contributed by atoms with E-state index in [1.807, 2.05) is 0 Å². The van der Waals surface area contributed by atoms with Crippen molar-refractivity contribution in [2.75, 3.05) is 25.7 Å². The molecule has 21 heavy (non-hydrogen) atoms. The van der Waals surface area contributed by atoms with Gasteiger partial charge in [0.25, 0.3) is 0 Å². The van der Waals surface area contributed by atoms with Gasteiger partial charge in [-0.1, -0.05) is 0 Å². The van der Waals surface area contributed by atoms with Gasteiger partial charge in [0.2, 0.25) is 10.0 Å². The van der Waals surface area contributed by atoms with Crippen molar-refractivity contribution in [3.8, 4) is 11.5 Å². The third kappa shape index (κ3) is 3.66. The Morgan fingerprint density at radius 1 is 1.24 bits per heavy atom. The zero-order chi connectivity index (χ0) is 15.7. The summed E-state index contributed by atoms with van der Waals surface area (Å²) in [6.07, 6.45) is 0.278. The fourth-order valence-corrected chi connectivity index (χ4v) is 5.37. The molecule has 0 radical (unpaired) electrons. The summed E-state index contributed by atoms with van der Waals surface area (Å²) in [4.78, 5) is -0.0462. The number of hydrogen-bond donors (Lipinski definition) is 1. The Labute approximate surface area is 124 Å². The maximum absolute atomic E-state index is 12.4. The molecule has 1 aromatic rings. The van der Waals surface area contributed by atoms with E-state index in [0.717, 1.165) is 0 Å². The first-order valence-corrected chi connectivity index (χ1v) is 9.52. The first-order chi connectivity index (χ1) is 9.77. The largest absolute Gasteiger partial charge is 0.497 e. The van der Waals surface area contributed by atoms with Crippen LogP contribution < -0.4 is 14.2 Å². The minimum absolute atomic E-state index is 0.0000653. The van der Waals surface area contributed by atoms with E-state index in [4.69, 9.17) is 9.47 Å². The summed E-state index contributed by atoms with van der Waals surface area (Å²) in [5.41, 5.74) is 0. The predicted molar refractivity (Wildman–Crippen MR) is 76.9 cm³/mol. The summed E-state index contributed by atoms with van der Waals surface area (Å²) < 4.78 is 60.0. The topological polar surface area (TPSA) is 98.8 Å². The Morgan fingerprint density at radius 3 is 2.48 bits per heavy atom. The number of rotatable bonds is 5. The first kappa shape index (κ1) is 16.1. The molecule has 0 spiro atoms. The smallest absolute Gasteiger partial charge is 0.244 e. The van der Waals surface area contributed by atoms with Crippen LogP contribution in [0, 0.1) is 0 Å². The van der Waals surface area contributed by atoms with Gasteiger partial charge < -0.3 is 9.47 Å². The van der Waals surface area contributed by atoms with Crippen molar-refractivity contribution in [3.63, 3.8) is 0 Å². The van der Waals surface area contributed by atoms with Crippen LogP contribution >= 0.6 is 0 Å². The van der Waals surface area contributed by atoms with E-state index in [0.29, 0.717) is 5.75 Å². The predicted octanol–water partition coefficient (Wildman–Crippen LogP) is 0.169. The van der Waals surface area contributed by atoms with Gasteiger partial charge >= 0.3 is 0 Å². The molecule has 1 N–H and O–H groups in total. The highest BCUT2D eigenvalue weighted by molar-refractivity contribution is 7.92. The van der Waals surface area contributed by atoms with Gasteiger partial charge in [-0.05, 0) is 18.6 Å². The van der Waals surface area contributed by atoms with E-state index in [2.05, 4.69) is 4.72 Å².